The fourth-order valence-electron chi connectivity index (χ4n) is 2.37. The first-order valence-electron chi connectivity index (χ1n) is 5.70. The second kappa shape index (κ2) is 4.15. The molecule has 0 amide bonds. The molecule has 0 spiro atoms. The van der Waals surface area contributed by atoms with Crippen LogP contribution >= 0.6 is 0 Å². The highest BCUT2D eigenvalue weighted by atomic mass is 16.4. The van der Waals surface area contributed by atoms with Crippen molar-refractivity contribution in [3.63, 3.8) is 0 Å². The Morgan fingerprint density at radius 1 is 1.07 bits per heavy atom. The molecule has 0 aromatic heterocycles. The van der Waals surface area contributed by atoms with Crippen molar-refractivity contribution in [3.8, 4) is 0 Å². The number of hydrogen-bond acceptors (Lipinski definition) is 1. The lowest BCUT2D eigenvalue weighted by molar-refractivity contribution is -0.160. The van der Waals surface area contributed by atoms with Crippen LogP contribution in [0.25, 0.3) is 0 Å². The fourth-order valence-corrected chi connectivity index (χ4v) is 2.37. The Labute approximate surface area is 94.1 Å². The maximum atomic E-state index is 11.6. The average molecular weight is 214 g/mol. The summed E-state index contributed by atoms with van der Waals surface area (Å²) >= 11 is 0. The first kappa shape index (κ1) is 14.5. The summed E-state index contributed by atoms with van der Waals surface area (Å²) in [7, 11) is 0. The van der Waals surface area contributed by atoms with E-state index in [1.165, 1.54) is 0 Å². The third kappa shape index (κ3) is 3.22. The topological polar surface area (TPSA) is 37.3 Å². The Kier molecular flexibility index (Phi) is 4.00. The van der Waals surface area contributed by atoms with Crippen LogP contribution in [0.1, 0.15) is 61.3 Å². The number of aliphatic carboxylic acids is 1. The van der Waals surface area contributed by atoms with E-state index < -0.39 is 11.4 Å². The molecule has 0 bridgehead atoms. The molecular weight excluding hydrogens is 188 g/mol. The van der Waals surface area contributed by atoms with E-state index in [4.69, 9.17) is 0 Å². The molecule has 0 aliphatic rings. The molecule has 1 N–H and O–H groups in total. The summed E-state index contributed by atoms with van der Waals surface area (Å²) in [6.07, 6.45) is 1.40. The SMILES string of the molecule is CCC(CC(C)(C)C)(C(=O)O)C(C)(C)C. The van der Waals surface area contributed by atoms with Gasteiger partial charge < -0.3 is 5.11 Å². The molecule has 0 aromatic rings. The Bertz CT molecular complexity index is 230. The molecule has 0 rings (SSSR count). The second-order valence-corrected chi connectivity index (χ2v) is 6.73. The number of carboxylic acid groups (broad SMARTS) is 1. The molecule has 1 atom stereocenters. The lowest BCUT2D eigenvalue weighted by atomic mass is 9.59. The van der Waals surface area contributed by atoms with E-state index in [9.17, 15) is 9.90 Å². The highest BCUT2D eigenvalue weighted by Crippen LogP contribution is 2.49. The Morgan fingerprint density at radius 2 is 1.47 bits per heavy atom. The van der Waals surface area contributed by atoms with Crippen molar-refractivity contribution in [1.29, 1.82) is 0 Å². The first-order valence-corrected chi connectivity index (χ1v) is 5.70. The van der Waals surface area contributed by atoms with Crippen molar-refractivity contribution < 1.29 is 9.90 Å². The number of rotatable bonds is 3. The zero-order valence-electron chi connectivity index (χ0n) is 11.3. The summed E-state index contributed by atoms with van der Waals surface area (Å²) in [4.78, 5) is 11.6. The summed E-state index contributed by atoms with van der Waals surface area (Å²) in [5.41, 5.74) is -0.784. The quantitative estimate of drug-likeness (QED) is 0.772. The molecular formula is C13H26O2. The van der Waals surface area contributed by atoms with Crippen LogP contribution in [0.3, 0.4) is 0 Å². The van der Waals surface area contributed by atoms with Crippen molar-refractivity contribution in [2.45, 2.75) is 61.3 Å². The second-order valence-electron chi connectivity index (χ2n) is 6.73. The molecule has 15 heavy (non-hydrogen) atoms. The molecule has 1 unspecified atom stereocenters. The average Bonchev–Trinajstić information content (AvgIpc) is 1.95. The lowest BCUT2D eigenvalue weighted by Crippen LogP contribution is -2.45. The molecule has 0 aliphatic carbocycles. The predicted octanol–water partition coefficient (Wildman–Crippen LogP) is 3.95. The zero-order valence-corrected chi connectivity index (χ0v) is 11.3. The van der Waals surface area contributed by atoms with E-state index >= 15 is 0 Å². The lowest BCUT2D eigenvalue weighted by Gasteiger charge is -2.44. The van der Waals surface area contributed by atoms with Gasteiger partial charge in [-0.05, 0) is 23.7 Å². The monoisotopic (exact) mass is 214 g/mol. The van der Waals surface area contributed by atoms with Crippen LogP contribution in [-0.2, 0) is 4.79 Å². The van der Waals surface area contributed by atoms with E-state index in [1.54, 1.807) is 0 Å². The molecule has 2 heteroatoms. The number of carboxylic acids is 1. The van der Waals surface area contributed by atoms with Gasteiger partial charge in [-0.3, -0.25) is 4.79 Å². The zero-order chi connectivity index (χ0) is 12.5. The molecule has 0 fully saturated rings. The highest BCUT2D eigenvalue weighted by Gasteiger charge is 2.49. The van der Waals surface area contributed by atoms with E-state index in [1.807, 2.05) is 27.7 Å². The van der Waals surface area contributed by atoms with E-state index in [-0.39, 0.29) is 10.8 Å². The molecule has 0 radical (unpaired) electrons. The van der Waals surface area contributed by atoms with Crippen LogP contribution < -0.4 is 0 Å². The van der Waals surface area contributed by atoms with E-state index in [2.05, 4.69) is 20.8 Å². The summed E-state index contributed by atoms with van der Waals surface area (Å²) in [5, 5.41) is 9.52. The highest BCUT2D eigenvalue weighted by molar-refractivity contribution is 5.75. The number of carbonyl (C=O) groups is 1. The summed E-state index contributed by atoms with van der Waals surface area (Å²) < 4.78 is 0. The summed E-state index contributed by atoms with van der Waals surface area (Å²) in [5.74, 6) is -0.660. The van der Waals surface area contributed by atoms with Crippen LogP contribution in [-0.4, -0.2) is 11.1 Å². The van der Waals surface area contributed by atoms with Crippen molar-refractivity contribution >= 4 is 5.97 Å². The maximum Gasteiger partial charge on any atom is 0.310 e. The third-order valence-electron chi connectivity index (χ3n) is 3.28. The molecule has 0 saturated carbocycles. The third-order valence-corrected chi connectivity index (χ3v) is 3.28. The normalized spacial score (nSPS) is 17.3. The van der Waals surface area contributed by atoms with Crippen molar-refractivity contribution in [2.24, 2.45) is 16.2 Å². The molecule has 0 aromatic carbocycles. The van der Waals surface area contributed by atoms with Crippen LogP contribution in [0, 0.1) is 16.2 Å². The Balaban J connectivity index is 5.29. The maximum absolute atomic E-state index is 11.6. The van der Waals surface area contributed by atoms with Crippen LogP contribution in [0.5, 0.6) is 0 Å². The van der Waals surface area contributed by atoms with Gasteiger partial charge in [0.05, 0.1) is 5.41 Å². The van der Waals surface area contributed by atoms with E-state index in [0.29, 0.717) is 6.42 Å². The van der Waals surface area contributed by atoms with Crippen LogP contribution in [0.4, 0.5) is 0 Å². The van der Waals surface area contributed by atoms with E-state index in [0.717, 1.165) is 6.42 Å². The standard InChI is InChI=1S/C13H26O2/c1-8-13(10(14)15,12(5,6)7)9-11(2,3)4/h8-9H2,1-7H3,(H,14,15). The van der Waals surface area contributed by atoms with Gasteiger partial charge in [-0.25, -0.2) is 0 Å². The first-order chi connectivity index (χ1) is 6.46. The van der Waals surface area contributed by atoms with Crippen molar-refractivity contribution in [1.82, 2.24) is 0 Å². The van der Waals surface area contributed by atoms with Crippen LogP contribution in [0.2, 0.25) is 0 Å². The van der Waals surface area contributed by atoms with Crippen molar-refractivity contribution in [2.75, 3.05) is 0 Å². The Hall–Kier alpha value is -0.530. The molecule has 0 aliphatic heterocycles. The molecule has 0 saturated heterocycles. The number of hydrogen-bond donors (Lipinski definition) is 1. The molecule has 2 nitrogen and oxygen atoms in total. The minimum Gasteiger partial charge on any atom is -0.481 e. The molecule has 0 heterocycles. The largest absolute Gasteiger partial charge is 0.481 e. The molecule has 90 valence electrons. The van der Waals surface area contributed by atoms with Gasteiger partial charge in [0.1, 0.15) is 0 Å². The van der Waals surface area contributed by atoms with Gasteiger partial charge in [0.15, 0.2) is 0 Å². The van der Waals surface area contributed by atoms with Gasteiger partial charge in [0.25, 0.3) is 0 Å². The van der Waals surface area contributed by atoms with Gasteiger partial charge in [0.2, 0.25) is 0 Å². The Morgan fingerprint density at radius 3 is 1.53 bits per heavy atom. The van der Waals surface area contributed by atoms with Gasteiger partial charge in [-0.2, -0.15) is 0 Å². The van der Waals surface area contributed by atoms with Gasteiger partial charge in [-0.1, -0.05) is 48.5 Å². The predicted molar refractivity (Wildman–Crippen MR) is 63.9 cm³/mol. The fraction of sp³-hybridized carbons (Fsp3) is 0.923. The smallest absolute Gasteiger partial charge is 0.310 e. The summed E-state index contributed by atoms with van der Waals surface area (Å²) in [6.45, 7) is 14.4. The minimum absolute atomic E-state index is 0.0433. The van der Waals surface area contributed by atoms with Gasteiger partial charge in [-0.15, -0.1) is 0 Å². The van der Waals surface area contributed by atoms with Gasteiger partial charge >= 0.3 is 5.97 Å². The van der Waals surface area contributed by atoms with Crippen molar-refractivity contribution in [3.05, 3.63) is 0 Å². The minimum atomic E-state index is -0.660. The van der Waals surface area contributed by atoms with Crippen LogP contribution in [0.15, 0.2) is 0 Å². The summed E-state index contributed by atoms with van der Waals surface area (Å²) in [6, 6.07) is 0. The van der Waals surface area contributed by atoms with Gasteiger partial charge in [0, 0.05) is 0 Å².